The normalized spacial score (nSPS) is 10.1. The van der Waals surface area contributed by atoms with Crippen LogP contribution >= 0.6 is 0 Å². The predicted octanol–water partition coefficient (Wildman–Crippen LogP) is 1.67. The van der Waals surface area contributed by atoms with Crippen LogP contribution in [0.3, 0.4) is 0 Å². The molecule has 0 rings (SSSR count). The topological polar surface area (TPSA) is 29.5 Å². The van der Waals surface area contributed by atoms with Crippen LogP contribution in [0.25, 0.3) is 0 Å². The van der Waals surface area contributed by atoms with Gasteiger partial charge >= 0.3 is 0 Å². The van der Waals surface area contributed by atoms with Crippen LogP contribution in [0.4, 0.5) is 0 Å². The Balaban J connectivity index is 3.26. The van der Waals surface area contributed by atoms with Gasteiger partial charge in [-0.05, 0) is 6.42 Å². The van der Waals surface area contributed by atoms with E-state index in [2.05, 4.69) is 6.92 Å². The summed E-state index contributed by atoms with van der Waals surface area (Å²) in [5.74, 6) is 0.180. The van der Waals surface area contributed by atoms with Crippen LogP contribution in [0, 0.1) is 0 Å². The first-order chi connectivity index (χ1) is 6.22. The highest BCUT2D eigenvalue weighted by Gasteiger charge is 2.03. The molecule has 0 aromatic heterocycles. The van der Waals surface area contributed by atoms with Crippen LogP contribution in [0.1, 0.15) is 33.1 Å². The maximum atomic E-state index is 11.1. The fraction of sp³-hybridized carbons (Fsp3) is 0.900. The number of carbonyl (C=O) groups excluding carboxylic acids is 1. The van der Waals surface area contributed by atoms with Crippen molar-refractivity contribution in [2.45, 2.75) is 33.1 Å². The largest absolute Gasteiger partial charge is 0.380 e. The second-order valence-electron chi connectivity index (χ2n) is 3.13. The van der Waals surface area contributed by atoms with Gasteiger partial charge in [0.05, 0.1) is 6.61 Å². The molecule has 0 aliphatic rings. The Kier molecular flexibility index (Phi) is 7.69. The molecule has 0 radical (unpaired) electrons. The zero-order chi connectivity index (χ0) is 10.1. The van der Waals surface area contributed by atoms with Crippen molar-refractivity contribution < 1.29 is 9.53 Å². The molecule has 0 N–H and O–H groups in total. The third kappa shape index (κ3) is 6.58. The van der Waals surface area contributed by atoms with Gasteiger partial charge in [0.1, 0.15) is 0 Å². The van der Waals surface area contributed by atoms with Crippen molar-refractivity contribution in [2.75, 3.05) is 26.8 Å². The van der Waals surface area contributed by atoms with Crippen LogP contribution in [0.2, 0.25) is 0 Å². The SMILES string of the molecule is CCCCOCCN(C)C(=O)CC. The molecule has 0 aromatic rings. The highest BCUT2D eigenvalue weighted by atomic mass is 16.5. The van der Waals surface area contributed by atoms with E-state index in [1.807, 2.05) is 14.0 Å². The molecule has 0 bridgehead atoms. The molecule has 3 heteroatoms. The van der Waals surface area contributed by atoms with Crippen molar-refractivity contribution in [3.8, 4) is 0 Å². The van der Waals surface area contributed by atoms with Crippen molar-refractivity contribution in [3.63, 3.8) is 0 Å². The Morgan fingerprint density at radius 3 is 2.54 bits per heavy atom. The predicted molar refractivity (Wildman–Crippen MR) is 53.7 cm³/mol. The number of carbonyl (C=O) groups is 1. The summed E-state index contributed by atoms with van der Waals surface area (Å²) in [6.07, 6.45) is 2.83. The first kappa shape index (κ1) is 12.4. The van der Waals surface area contributed by atoms with Crippen molar-refractivity contribution in [1.29, 1.82) is 0 Å². The first-order valence-electron chi connectivity index (χ1n) is 5.04. The Hall–Kier alpha value is -0.570. The molecule has 0 saturated carbocycles. The average Bonchev–Trinajstić information content (AvgIpc) is 2.16. The van der Waals surface area contributed by atoms with Gasteiger partial charge in [-0.2, -0.15) is 0 Å². The van der Waals surface area contributed by atoms with Crippen molar-refractivity contribution in [3.05, 3.63) is 0 Å². The Bertz CT molecular complexity index is 137. The zero-order valence-corrected chi connectivity index (χ0v) is 9.01. The fourth-order valence-electron chi connectivity index (χ4n) is 0.945. The maximum absolute atomic E-state index is 11.1. The highest BCUT2D eigenvalue weighted by Crippen LogP contribution is 1.91. The molecule has 0 atom stereocenters. The van der Waals surface area contributed by atoms with E-state index < -0.39 is 0 Å². The second-order valence-corrected chi connectivity index (χ2v) is 3.13. The molecule has 0 spiro atoms. The standard InChI is InChI=1S/C10H21NO2/c1-4-6-8-13-9-7-11(3)10(12)5-2/h4-9H2,1-3H3. The average molecular weight is 187 g/mol. The molecule has 0 aliphatic carbocycles. The van der Waals surface area contributed by atoms with Gasteiger partial charge in [-0.3, -0.25) is 4.79 Å². The summed E-state index contributed by atoms with van der Waals surface area (Å²) >= 11 is 0. The van der Waals surface area contributed by atoms with Crippen molar-refractivity contribution in [1.82, 2.24) is 4.90 Å². The first-order valence-corrected chi connectivity index (χ1v) is 5.04. The van der Waals surface area contributed by atoms with Crippen molar-refractivity contribution >= 4 is 5.91 Å². The molecule has 0 aliphatic heterocycles. The molecule has 0 saturated heterocycles. The van der Waals surface area contributed by atoms with Crippen LogP contribution in [0.15, 0.2) is 0 Å². The summed E-state index contributed by atoms with van der Waals surface area (Å²) in [6, 6.07) is 0. The lowest BCUT2D eigenvalue weighted by Crippen LogP contribution is -2.29. The minimum atomic E-state index is 0.180. The van der Waals surface area contributed by atoms with Gasteiger partial charge in [0.15, 0.2) is 0 Å². The molecule has 0 heterocycles. The van der Waals surface area contributed by atoms with Gasteiger partial charge in [0.25, 0.3) is 0 Å². The summed E-state index contributed by atoms with van der Waals surface area (Å²) in [5, 5.41) is 0. The van der Waals surface area contributed by atoms with E-state index in [0.29, 0.717) is 19.6 Å². The van der Waals surface area contributed by atoms with Gasteiger partial charge in [-0.1, -0.05) is 20.3 Å². The van der Waals surface area contributed by atoms with Crippen molar-refractivity contribution in [2.24, 2.45) is 0 Å². The minimum absolute atomic E-state index is 0.180. The molecule has 0 unspecified atom stereocenters. The van der Waals surface area contributed by atoms with E-state index in [4.69, 9.17) is 4.74 Å². The van der Waals surface area contributed by atoms with E-state index in [0.717, 1.165) is 19.4 Å². The summed E-state index contributed by atoms with van der Waals surface area (Å²) in [5.41, 5.74) is 0. The number of hydrogen-bond donors (Lipinski definition) is 0. The molecule has 0 fully saturated rings. The molecule has 13 heavy (non-hydrogen) atoms. The van der Waals surface area contributed by atoms with Gasteiger partial charge in [-0.15, -0.1) is 0 Å². The summed E-state index contributed by atoms with van der Waals surface area (Å²) in [6.45, 7) is 6.18. The van der Waals surface area contributed by atoms with Crippen LogP contribution < -0.4 is 0 Å². The summed E-state index contributed by atoms with van der Waals surface area (Å²) in [7, 11) is 1.81. The quantitative estimate of drug-likeness (QED) is 0.567. The lowest BCUT2D eigenvalue weighted by atomic mass is 10.4. The van der Waals surface area contributed by atoms with Gasteiger partial charge < -0.3 is 9.64 Å². The second kappa shape index (κ2) is 8.05. The lowest BCUT2D eigenvalue weighted by molar-refractivity contribution is -0.130. The van der Waals surface area contributed by atoms with Gasteiger partial charge in [0, 0.05) is 26.6 Å². The number of hydrogen-bond acceptors (Lipinski definition) is 2. The summed E-state index contributed by atoms with van der Waals surface area (Å²) in [4.78, 5) is 12.8. The number of unbranched alkanes of at least 4 members (excludes halogenated alkanes) is 1. The number of nitrogens with zero attached hydrogens (tertiary/aromatic N) is 1. The Morgan fingerprint density at radius 2 is 2.00 bits per heavy atom. The molecule has 0 aromatic carbocycles. The third-order valence-corrected chi connectivity index (χ3v) is 1.94. The molecular weight excluding hydrogens is 166 g/mol. The monoisotopic (exact) mass is 187 g/mol. The fourth-order valence-corrected chi connectivity index (χ4v) is 0.945. The van der Waals surface area contributed by atoms with E-state index in [-0.39, 0.29) is 5.91 Å². The maximum Gasteiger partial charge on any atom is 0.222 e. The molecular formula is C10H21NO2. The van der Waals surface area contributed by atoms with E-state index in [1.165, 1.54) is 0 Å². The van der Waals surface area contributed by atoms with Crippen LogP contribution in [-0.2, 0) is 9.53 Å². The van der Waals surface area contributed by atoms with Crippen LogP contribution in [-0.4, -0.2) is 37.6 Å². The number of ether oxygens (including phenoxy) is 1. The smallest absolute Gasteiger partial charge is 0.222 e. The highest BCUT2D eigenvalue weighted by molar-refractivity contribution is 5.75. The van der Waals surface area contributed by atoms with Gasteiger partial charge in [0.2, 0.25) is 5.91 Å². The van der Waals surface area contributed by atoms with Crippen LogP contribution in [0.5, 0.6) is 0 Å². The molecule has 1 amide bonds. The lowest BCUT2D eigenvalue weighted by Gasteiger charge is -2.15. The van der Waals surface area contributed by atoms with E-state index >= 15 is 0 Å². The molecule has 78 valence electrons. The minimum Gasteiger partial charge on any atom is -0.380 e. The Labute approximate surface area is 81.1 Å². The van der Waals surface area contributed by atoms with E-state index in [1.54, 1.807) is 4.90 Å². The number of amides is 1. The van der Waals surface area contributed by atoms with Gasteiger partial charge in [-0.25, -0.2) is 0 Å². The van der Waals surface area contributed by atoms with E-state index in [9.17, 15) is 4.79 Å². The Morgan fingerprint density at radius 1 is 1.31 bits per heavy atom. The summed E-state index contributed by atoms with van der Waals surface area (Å²) < 4.78 is 5.35. The zero-order valence-electron chi connectivity index (χ0n) is 9.01. The number of likely N-dealkylation sites (N-methyl/N-ethyl adjacent to an activating group) is 1. The molecule has 3 nitrogen and oxygen atoms in total. The third-order valence-electron chi connectivity index (χ3n) is 1.94. The number of rotatable bonds is 7.